The van der Waals surface area contributed by atoms with Crippen LogP contribution in [0.2, 0.25) is 4.47 Å². The Bertz CT molecular complexity index is 687. The van der Waals surface area contributed by atoms with Gasteiger partial charge in [0.1, 0.15) is 0 Å². The number of anilines is 1. The summed E-state index contributed by atoms with van der Waals surface area (Å²) >= 11 is 6.64. The second-order valence-corrected chi connectivity index (χ2v) is 5.76. The molecule has 2 N–H and O–H groups in total. The summed E-state index contributed by atoms with van der Waals surface area (Å²) in [6.07, 6.45) is 0. The van der Waals surface area contributed by atoms with Gasteiger partial charge in [-0.05, 0) is 43.1 Å². The third kappa shape index (κ3) is 3.77. The highest BCUT2D eigenvalue weighted by Gasteiger charge is 2.14. The van der Waals surface area contributed by atoms with E-state index in [1.807, 2.05) is 13.8 Å². The van der Waals surface area contributed by atoms with Crippen LogP contribution in [0.1, 0.15) is 32.6 Å². The molecule has 0 radical (unpaired) electrons. The van der Waals surface area contributed by atoms with Crippen molar-refractivity contribution in [1.29, 1.82) is 0 Å². The summed E-state index contributed by atoms with van der Waals surface area (Å²) in [6.45, 7) is 4.22. The number of amides is 2. The molecule has 2 rings (SSSR count). The maximum atomic E-state index is 12.0. The summed E-state index contributed by atoms with van der Waals surface area (Å²) in [6, 6.07) is 5.10. The first kappa shape index (κ1) is 15.4. The molecule has 8 heteroatoms. The molecule has 0 unspecified atom stereocenters. The van der Waals surface area contributed by atoms with Gasteiger partial charge in [0.15, 0.2) is 0 Å². The number of aromatic nitrogens is 2. The Hall–Kier alpha value is -1.99. The lowest BCUT2D eigenvalue weighted by atomic mass is 10.1. The van der Waals surface area contributed by atoms with Gasteiger partial charge < -0.3 is 10.6 Å². The maximum absolute atomic E-state index is 12.0. The third-order valence-electron chi connectivity index (χ3n) is 2.68. The molecule has 2 aromatic rings. The van der Waals surface area contributed by atoms with E-state index in [9.17, 15) is 9.59 Å². The predicted molar refractivity (Wildman–Crippen MR) is 82.1 cm³/mol. The van der Waals surface area contributed by atoms with Crippen LogP contribution < -0.4 is 10.6 Å². The summed E-state index contributed by atoms with van der Waals surface area (Å²) in [4.78, 5) is 23.8. The van der Waals surface area contributed by atoms with Crippen molar-refractivity contribution in [3.8, 4) is 0 Å². The second kappa shape index (κ2) is 6.64. The van der Waals surface area contributed by atoms with E-state index < -0.39 is 5.91 Å². The normalized spacial score (nSPS) is 10.2. The van der Waals surface area contributed by atoms with Gasteiger partial charge in [0.25, 0.3) is 11.8 Å². The molecule has 0 bridgehead atoms. The van der Waals surface area contributed by atoms with Gasteiger partial charge in [-0.25, -0.2) is 0 Å². The van der Waals surface area contributed by atoms with Gasteiger partial charge in [-0.3, -0.25) is 9.59 Å². The van der Waals surface area contributed by atoms with Crippen LogP contribution in [0.3, 0.4) is 0 Å². The molecule has 1 aromatic heterocycles. The minimum absolute atomic E-state index is 0.169. The van der Waals surface area contributed by atoms with E-state index >= 15 is 0 Å². The quantitative estimate of drug-likeness (QED) is 0.905. The van der Waals surface area contributed by atoms with Crippen molar-refractivity contribution >= 4 is 40.4 Å². The number of nitrogens with zero attached hydrogens (tertiary/aromatic N) is 2. The lowest BCUT2D eigenvalue weighted by molar-refractivity contribution is 0.0954. The van der Waals surface area contributed by atoms with Crippen LogP contribution in [0.4, 0.5) is 5.69 Å². The number of aryl methyl sites for hydroxylation is 1. The van der Waals surface area contributed by atoms with Gasteiger partial charge in [-0.1, -0.05) is 17.4 Å². The van der Waals surface area contributed by atoms with Crippen LogP contribution in [0.5, 0.6) is 0 Å². The van der Waals surface area contributed by atoms with E-state index in [1.54, 1.807) is 18.2 Å². The zero-order chi connectivity index (χ0) is 15.4. The van der Waals surface area contributed by atoms with E-state index in [2.05, 4.69) is 20.8 Å². The first-order valence-electron chi connectivity index (χ1n) is 6.20. The molecule has 0 saturated heterocycles. The molecule has 1 aromatic carbocycles. The average Bonchev–Trinajstić information content (AvgIpc) is 2.88. The Balaban J connectivity index is 2.21. The Morgan fingerprint density at radius 2 is 2.05 bits per heavy atom. The number of carbonyl (C=O) groups excluding carboxylic acids is 2. The first-order valence-corrected chi connectivity index (χ1v) is 7.40. The fourth-order valence-electron chi connectivity index (χ4n) is 1.63. The van der Waals surface area contributed by atoms with Crippen molar-refractivity contribution in [2.45, 2.75) is 13.8 Å². The largest absolute Gasteiger partial charge is 0.352 e. The number of hydrogen-bond acceptors (Lipinski definition) is 5. The Morgan fingerprint density at radius 1 is 1.29 bits per heavy atom. The molecule has 6 nitrogen and oxygen atoms in total. The molecule has 1 heterocycles. The highest BCUT2D eigenvalue weighted by Crippen LogP contribution is 2.20. The molecule has 21 heavy (non-hydrogen) atoms. The van der Waals surface area contributed by atoms with Crippen LogP contribution in [-0.4, -0.2) is 28.6 Å². The minimum atomic E-state index is -0.407. The summed E-state index contributed by atoms with van der Waals surface area (Å²) in [5.41, 5.74) is 1.87. The van der Waals surface area contributed by atoms with E-state index in [0.29, 0.717) is 17.8 Å². The van der Waals surface area contributed by atoms with Gasteiger partial charge >= 0.3 is 0 Å². The summed E-state index contributed by atoms with van der Waals surface area (Å²) in [5, 5.41) is 12.8. The smallest absolute Gasteiger partial charge is 0.286 e. The monoisotopic (exact) mass is 324 g/mol. The minimum Gasteiger partial charge on any atom is -0.352 e. The fraction of sp³-hybridized carbons (Fsp3) is 0.231. The molecule has 0 fully saturated rings. The topological polar surface area (TPSA) is 84.0 Å². The summed E-state index contributed by atoms with van der Waals surface area (Å²) in [5.74, 6) is -0.595. The Labute approximate surface area is 130 Å². The van der Waals surface area contributed by atoms with Crippen molar-refractivity contribution in [2.24, 2.45) is 0 Å². The van der Waals surface area contributed by atoms with Crippen LogP contribution in [0.15, 0.2) is 18.2 Å². The molecular weight excluding hydrogens is 312 g/mol. The number of benzene rings is 1. The summed E-state index contributed by atoms with van der Waals surface area (Å²) in [7, 11) is 0. The van der Waals surface area contributed by atoms with Crippen molar-refractivity contribution in [1.82, 2.24) is 15.5 Å². The maximum Gasteiger partial charge on any atom is 0.286 e. The Morgan fingerprint density at radius 3 is 2.67 bits per heavy atom. The van der Waals surface area contributed by atoms with Crippen LogP contribution in [-0.2, 0) is 0 Å². The second-order valence-electron chi connectivity index (χ2n) is 4.20. The van der Waals surface area contributed by atoms with Crippen LogP contribution in [0.25, 0.3) is 0 Å². The molecule has 110 valence electrons. The fourth-order valence-corrected chi connectivity index (χ4v) is 2.36. The molecular formula is C13H13ClN4O2S. The molecule has 0 spiro atoms. The zero-order valence-corrected chi connectivity index (χ0v) is 13.0. The molecule has 0 aliphatic rings. The van der Waals surface area contributed by atoms with Crippen LogP contribution in [0, 0.1) is 6.92 Å². The Kier molecular flexibility index (Phi) is 4.87. The molecule has 0 atom stereocenters. The lowest BCUT2D eigenvalue weighted by Gasteiger charge is -2.09. The standard InChI is InChI=1S/C13H13ClN4O2S/c1-3-15-10(19)8-5-4-7(2)9(6-8)16-11(20)12-17-18-13(14)21-12/h4-6H,3H2,1-2H3,(H,15,19)(H,16,20). The number of rotatable bonds is 4. The van der Waals surface area contributed by atoms with Gasteiger partial charge in [-0.2, -0.15) is 0 Å². The highest BCUT2D eigenvalue weighted by molar-refractivity contribution is 7.17. The van der Waals surface area contributed by atoms with Crippen molar-refractivity contribution in [3.63, 3.8) is 0 Å². The van der Waals surface area contributed by atoms with Gasteiger partial charge in [0, 0.05) is 17.8 Å². The zero-order valence-electron chi connectivity index (χ0n) is 11.4. The number of nitrogens with one attached hydrogen (secondary N) is 2. The van der Waals surface area contributed by atoms with Crippen molar-refractivity contribution in [3.05, 3.63) is 38.8 Å². The number of hydrogen-bond donors (Lipinski definition) is 2. The SMILES string of the molecule is CCNC(=O)c1ccc(C)c(NC(=O)c2nnc(Cl)s2)c1. The van der Waals surface area contributed by atoms with E-state index in [-0.39, 0.29) is 15.4 Å². The van der Waals surface area contributed by atoms with Gasteiger partial charge in [-0.15, -0.1) is 10.2 Å². The molecule has 0 aliphatic heterocycles. The number of halogens is 1. The summed E-state index contributed by atoms with van der Waals surface area (Å²) < 4.78 is 0.202. The van der Waals surface area contributed by atoms with Crippen LogP contribution >= 0.6 is 22.9 Å². The molecule has 2 amide bonds. The van der Waals surface area contributed by atoms with E-state index in [0.717, 1.165) is 16.9 Å². The number of carbonyl (C=O) groups is 2. The van der Waals surface area contributed by atoms with Crippen molar-refractivity contribution in [2.75, 3.05) is 11.9 Å². The third-order valence-corrected chi connectivity index (χ3v) is 3.70. The van der Waals surface area contributed by atoms with Gasteiger partial charge in [0.2, 0.25) is 9.47 Å². The highest BCUT2D eigenvalue weighted by atomic mass is 35.5. The molecule has 0 aliphatic carbocycles. The lowest BCUT2D eigenvalue weighted by Crippen LogP contribution is -2.23. The predicted octanol–water partition coefficient (Wildman–Crippen LogP) is 2.50. The molecule has 0 saturated carbocycles. The van der Waals surface area contributed by atoms with E-state index in [4.69, 9.17) is 11.6 Å². The first-order chi connectivity index (χ1) is 10.0. The average molecular weight is 325 g/mol. The van der Waals surface area contributed by atoms with E-state index in [1.165, 1.54) is 0 Å². The van der Waals surface area contributed by atoms with Gasteiger partial charge in [0.05, 0.1) is 0 Å². The van der Waals surface area contributed by atoms with Crippen molar-refractivity contribution < 1.29 is 9.59 Å².